The second-order valence-corrected chi connectivity index (χ2v) is 5.55. The zero-order valence-electron chi connectivity index (χ0n) is 13.9. The van der Waals surface area contributed by atoms with E-state index in [0.717, 1.165) is 0 Å². The van der Waals surface area contributed by atoms with Crippen molar-refractivity contribution in [2.75, 3.05) is 10.6 Å². The smallest absolute Gasteiger partial charge is 0.224 e. The number of rotatable bonds is 6. The second-order valence-electron chi connectivity index (χ2n) is 5.55. The van der Waals surface area contributed by atoms with Crippen LogP contribution in [0.4, 0.5) is 11.4 Å². The number of ketones is 1. The van der Waals surface area contributed by atoms with E-state index in [0.29, 0.717) is 34.9 Å². The van der Waals surface area contributed by atoms with E-state index in [1.807, 2.05) is 0 Å². The van der Waals surface area contributed by atoms with Gasteiger partial charge >= 0.3 is 0 Å². The maximum Gasteiger partial charge on any atom is 0.224 e. The summed E-state index contributed by atoms with van der Waals surface area (Å²) in [4.78, 5) is 34.3. The summed E-state index contributed by atoms with van der Waals surface area (Å²) >= 11 is 0. The number of aryl methyl sites for hydroxylation is 2. The summed E-state index contributed by atoms with van der Waals surface area (Å²) in [5.74, 6) is 0.845. The monoisotopic (exact) mass is 328 g/mol. The lowest BCUT2D eigenvalue weighted by atomic mass is 10.1. The minimum atomic E-state index is -0.152. The third-order valence-corrected chi connectivity index (χ3v) is 3.44. The molecule has 6 heteroatoms. The summed E-state index contributed by atoms with van der Waals surface area (Å²) in [6, 6.07) is 8.55. The molecular weight excluding hydrogens is 308 g/mol. The van der Waals surface area contributed by atoms with Crippen molar-refractivity contribution in [1.82, 2.24) is 0 Å². The Morgan fingerprint density at radius 3 is 2.08 bits per heavy atom. The molecule has 0 saturated heterocycles. The van der Waals surface area contributed by atoms with Gasteiger partial charge in [0.2, 0.25) is 11.8 Å². The lowest BCUT2D eigenvalue weighted by Gasteiger charge is -2.06. The van der Waals surface area contributed by atoms with Crippen molar-refractivity contribution in [3.63, 3.8) is 0 Å². The highest BCUT2D eigenvalue weighted by molar-refractivity contribution is 5.95. The molecule has 6 nitrogen and oxygen atoms in total. The van der Waals surface area contributed by atoms with Crippen LogP contribution in [0.15, 0.2) is 34.7 Å². The number of anilines is 2. The summed E-state index contributed by atoms with van der Waals surface area (Å²) in [7, 11) is 0. The molecule has 0 aliphatic heterocycles. The summed E-state index contributed by atoms with van der Waals surface area (Å²) in [6.07, 6.45) is 0.668. The van der Waals surface area contributed by atoms with Crippen LogP contribution in [0, 0.1) is 6.92 Å². The van der Waals surface area contributed by atoms with E-state index in [1.54, 1.807) is 37.3 Å². The van der Waals surface area contributed by atoms with Crippen LogP contribution in [0.3, 0.4) is 0 Å². The summed E-state index contributed by atoms with van der Waals surface area (Å²) in [6.45, 7) is 4.65. The van der Waals surface area contributed by atoms with E-state index in [-0.39, 0.29) is 24.0 Å². The molecule has 0 atom stereocenters. The van der Waals surface area contributed by atoms with Gasteiger partial charge in [-0.15, -0.1) is 0 Å². The van der Waals surface area contributed by atoms with Crippen LogP contribution in [0.1, 0.15) is 42.1 Å². The van der Waals surface area contributed by atoms with E-state index in [1.165, 1.54) is 13.8 Å². The van der Waals surface area contributed by atoms with Crippen molar-refractivity contribution >= 4 is 29.0 Å². The van der Waals surface area contributed by atoms with Gasteiger partial charge in [-0.1, -0.05) is 0 Å². The van der Waals surface area contributed by atoms with E-state index >= 15 is 0 Å². The Hall–Kier alpha value is -2.89. The highest BCUT2D eigenvalue weighted by Crippen LogP contribution is 2.17. The minimum Gasteiger partial charge on any atom is -0.466 e. The van der Waals surface area contributed by atoms with Crippen molar-refractivity contribution in [3.05, 3.63) is 47.4 Å². The lowest BCUT2D eigenvalue weighted by Crippen LogP contribution is -2.12. The molecule has 0 aliphatic carbocycles. The molecule has 0 bridgehead atoms. The van der Waals surface area contributed by atoms with E-state index < -0.39 is 0 Å². The van der Waals surface area contributed by atoms with Gasteiger partial charge in [0.25, 0.3) is 0 Å². The van der Waals surface area contributed by atoms with Crippen LogP contribution >= 0.6 is 0 Å². The van der Waals surface area contributed by atoms with Crippen LogP contribution in [-0.4, -0.2) is 17.6 Å². The molecule has 0 spiro atoms. The molecule has 2 aromatic rings. The molecule has 0 aliphatic rings. The average molecular weight is 328 g/mol. The molecule has 126 valence electrons. The van der Waals surface area contributed by atoms with Crippen LogP contribution in [0.2, 0.25) is 0 Å². The maximum atomic E-state index is 12.0. The first kappa shape index (κ1) is 17.5. The predicted molar refractivity (Wildman–Crippen MR) is 91.1 cm³/mol. The molecule has 0 unspecified atom stereocenters. The Kier molecular flexibility index (Phi) is 5.52. The van der Waals surface area contributed by atoms with Gasteiger partial charge in [-0.2, -0.15) is 0 Å². The Bertz CT molecular complexity index is 760. The van der Waals surface area contributed by atoms with Crippen molar-refractivity contribution in [3.8, 4) is 0 Å². The molecule has 0 saturated carbocycles. The number of benzene rings is 1. The minimum absolute atomic E-state index is 0.0498. The molecule has 0 radical (unpaired) electrons. The Morgan fingerprint density at radius 2 is 1.58 bits per heavy atom. The van der Waals surface area contributed by atoms with Gasteiger partial charge in [0.1, 0.15) is 11.5 Å². The van der Waals surface area contributed by atoms with Crippen molar-refractivity contribution in [1.29, 1.82) is 0 Å². The highest BCUT2D eigenvalue weighted by atomic mass is 16.3. The van der Waals surface area contributed by atoms with E-state index in [2.05, 4.69) is 10.6 Å². The Morgan fingerprint density at radius 1 is 1.00 bits per heavy atom. The molecule has 1 heterocycles. The predicted octanol–water partition coefficient (Wildman–Crippen LogP) is 3.32. The third kappa shape index (κ3) is 4.81. The van der Waals surface area contributed by atoms with Crippen molar-refractivity contribution < 1.29 is 18.8 Å². The van der Waals surface area contributed by atoms with Gasteiger partial charge in [0.05, 0.1) is 5.56 Å². The standard InChI is InChI=1S/C18H20N2O4/c1-11(21)17-10-16(24-12(17)2)8-9-18(23)20-15-6-4-14(5-7-15)19-13(3)22/h4-7,10H,8-9H2,1-3H3,(H,19,22)(H,20,23). The largest absolute Gasteiger partial charge is 0.466 e. The van der Waals surface area contributed by atoms with Gasteiger partial charge in [0, 0.05) is 31.1 Å². The number of Topliss-reactive ketones (excluding diaryl/α,β-unsaturated/α-hetero) is 1. The van der Waals surface area contributed by atoms with Gasteiger partial charge < -0.3 is 15.1 Å². The first-order chi connectivity index (χ1) is 11.3. The third-order valence-electron chi connectivity index (χ3n) is 3.44. The molecule has 1 aromatic heterocycles. The quantitative estimate of drug-likeness (QED) is 0.796. The van der Waals surface area contributed by atoms with E-state index in [9.17, 15) is 14.4 Å². The molecule has 2 rings (SSSR count). The summed E-state index contributed by atoms with van der Waals surface area (Å²) in [5.41, 5.74) is 1.87. The number of nitrogens with one attached hydrogen (secondary N) is 2. The zero-order chi connectivity index (χ0) is 17.7. The molecule has 0 fully saturated rings. The van der Waals surface area contributed by atoms with Gasteiger partial charge in [0.15, 0.2) is 5.78 Å². The molecule has 1 aromatic carbocycles. The molecule has 2 N–H and O–H groups in total. The van der Waals surface area contributed by atoms with Crippen LogP contribution in [0.5, 0.6) is 0 Å². The fourth-order valence-corrected chi connectivity index (χ4v) is 2.32. The fourth-order valence-electron chi connectivity index (χ4n) is 2.32. The van der Waals surface area contributed by atoms with Gasteiger partial charge in [-0.05, 0) is 44.2 Å². The normalized spacial score (nSPS) is 10.3. The Labute approximate surface area is 140 Å². The zero-order valence-corrected chi connectivity index (χ0v) is 13.9. The van der Waals surface area contributed by atoms with Gasteiger partial charge in [-0.3, -0.25) is 14.4 Å². The van der Waals surface area contributed by atoms with Crippen LogP contribution < -0.4 is 10.6 Å². The Balaban J connectivity index is 1.88. The van der Waals surface area contributed by atoms with Gasteiger partial charge in [-0.25, -0.2) is 0 Å². The number of carbonyl (C=O) groups is 3. The molecule has 2 amide bonds. The summed E-state index contributed by atoms with van der Waals surface area (Å²) in [5, 5.41) is 5.43. The molecule has 24 heavy (non-hydrogen) atoms. The first-order valence-electron chi connectivity index (χ1n) is 7.63. The number of furan rings is 1. The van der Waals surface area contributed by atoms with Crippen molar-refractivity contribution in [2.45, 2.75) is 33.6 Å². The number of carbonyl (C=O) groups excluding carboxylic acids is 3. The molecular formula is C18H20N2O4. The highest BCUT2D eigenvalue weighted by Gasteiger charge is 2.12. The number of hydrogen-bond donors (Lipinski definition) is 2. The van der Waals surface area contributed by atoms with Crippen LogP contribution in [-0.2, 0) is 16.0 Å². The second kappa shape index (κ2) is 7.59. The maximum absolute atomic E-state index is 12.0. The first-order valence-corrected chi connectivity index (χ1v) is 7.63. The lowest BCUT2D eigenvalue weighted by molar-refractivity contribution is -0.116. The topological polar surface area (TPSA) is 88.4 Å². The summed E-state index contributed by atoms with van der Waals surface area (Å²) < 4.78 is 5.49. The van der Waals surface area contributed by atoms with Crippen LogP contribution in [0.25, 0.3) is 0 Å². The van der Waals surface area contributed by atoms with Crippen molar-refractivity contribution in [2.24, 2.45) is 0 Å². The number of hydrogen-bond acceptors (Lipinski definition) is 4. The SMILES string of the molecule is CC(=O)Nc1ccc(NC(=O)CCc2cc(C(C)=O)c(C)o2)cc1. The fraction of sp³-hybridized carbons (Fsp3) is 0.278. The average Bonchev–Trinajstić information content (AvgIpc) is 2.88. The number of amides is 2. The van der Waals surface area contributed by atoms with E-state index in [4.69, 9.17) is 4.42 Å².